The molecule has 1 aromatic heterocycles. The molecule has 7 heteroatoms. The third-order valence-electron chi connectivity index (χ3n) is 4.67. The molecule has 1 aliphatic rings. The van der Waals surface area contributed by atoms with Crippen LogP contribution < -0.4 is 24.4 Å². The first-order valence-electron chi connectivity index (χ1n) is 10.2. The third kappa shape index (κ3) is 5.10. The Kier molecular flexibility index (Phi) is 7.16. The van der Waals surface area contributed by atoms with Gasteiger partial charge in [0.1, 0.15) is 5.82 Å². The summed E-state index contributed by atoms with van der Waals surface area (Å²) in [5, 5.41) is 3.12. The Morgan fingerprint density at radius 1 is 1.10 bits per heavy atom. The van der Waals surface area contributed by atoms with Crippen LogP contribution in [0.1, 0.15) is 37.6 Å². The van der Waals surface area contributed by atoms with Crippen LogP contribution in [0.4, 0.5) is 5.82 Å². The lowest BCUT2D eigenvalue weighted by atomic mass is 10.1. The number of pyridine rings is 1. The quantitative estimate of drug-likeness (QED) is 0.698. The van der Waals surface area contributed by atoms with Gasteiger partial charge in [0.2, 0.25) is 5.75 Å². The number of aromatic nitrogens is 1. The molecular weight excluding hydrogens is 370 g/mol. The van der Waals surface area contributed by atoms with Crippen LogP contribution in [0, 0.1) is 0 Å². The second kappa shape index (κ2) is 10.0. The van der Waals surface area contributed by atoms with E-state index in [0.717, 1.165) is 25.3 Å². The Bertz CT molecular complexity index is 786. The van der Waals surface area contributed by atoms with E-state index in [4.69, 9.17) is 14.2 Å². The summed E-state index contributed by atoms with van der Waals surface area (Å²) in [6, 6.07) is 9.35. The Morgan fingerprint density at radius 3 is 2.38 bits per heavy atom. The van der Waals surface area contributed by atoms with E-state index in [9.17, 15) is 4.79 Å². The molecule has 1 aliphatic heterocycles. The maximum Gasteiger partial charge on any atom is 0.251 e. The number of hydrogen-bond acceptors (Lipinski definition) is 6. The van der Waals surface area contributed by atoms with E-state index in [2.05, 4.69) is 15.2 Å². The van der Waals surface area contributed by atoms with Gasteiger partial charge in [-0.05, 0) is 51.5 Å². The Balaban J connectivity index is 1.74. The number of anilines is 1. The largest absolute Gasteiger partial charge is 0.490 e. The van der Waals surface area contributed by atoms with Crippen LogP contribution in [0.5, 0.6) is 17.2 Å². The van der Waals surface area contributed by atoms with Gasteiger partial charge in [0.15, 0.2) is 11.5 Å². The minimum Gasteiger partial charge on any atom is -0.490 e. The van der Waals surface area contributed by atoms with Gasteiger partial charge in [0.05, 0.1) is 19.8 Å². The Morgan fingerprint density at radius 2 is 1.79 bits per heavy atom. The molecule has 156 valence electrons. The number of carbonyl (C=O) groups excluding carboxylic acids is 1. The number of hydrogen-bond donors (Lipinski definition) is 1. The minimum atomic E-state index is -0.150. The lowest BCUT2D eigenvalue weighted by Gasteiger charge is -2.19. The molecule has 2 heterocycles. The van der Waals surface area contributed by atoms with Crippen molar-refractivity contribution in [3.8, 4) is 17.2 Å². The molecular formula is C22H29N3O4. The van der Waals surface area contributed by atoms with E-state index in [-0.39, 0.29) is 11.9 Å². The molecule has 1 saturated heterocycles. The average Bonchev–Trinajstić information content (AvgIpc) is 3.19. The van der Waals surface area contributed by atoms with Crippen molar-refractivity contribution >= 4 is 11.7 Å². The smallest absolute Gasteiger partial charge is 0.251 e. The van der Waals surface area contributed by atoms with Crippen molar-refractivity contribution in [3.63, 3.8) is 0 Å². The maximum atomic E-state index is 12.9. The number of benzene rings is 1. The fourth-order valence-electron chi connectivity index (χ4n) is 3.42. The molecule has 1 N–H and O–H groups in total. The van der Waals surface area contributed by atoms with Crippen molar-refractivity contribution in [1.82, 2.24) is 10.3 Å². The summed E-state index contributed by atoms with van der Waals surface area (Å²) < 4.78 is 17.1. The van der Waals surface area contributed by atoms with Crippen LogP contribution in [0.3, 0.4) is 0 Å². The van der Waals surface area contributed by atoms with Gasteiger partial charge in [0, 0.05) is 30.9 Å². The Labute approximate surface area is 172 Å². The van der Waals surface area contributed by atoms with Gasteiger partial charge in [-0.25, -0.2) is 4.98 Å². The molecule has 7 nitrogen and oxygen atoms in total. The predicted molar refractivity (Wildman–Crippen MR) is 112 cm³/mol. The standard InChI is InChI=1S/C22H29N3O4/c1-4-27-18-13-16(14-19(28-5-2)21(18)29-6-3)22(26)24-17-10-12-25(15-17)20-9-7-8-11-23-20/h7-9,11,13-14,17H,4-6,10,12,15H2,1-3H3,(H,24,26)/t17-/m1/s1. The highest BCUT2D eigenvalue weighted by molar-refractivity contribution is 5.96. The van der Waals surface area contributed by atoms with E-state index < -0.39 is 0 Å². The molecule has 2 aromatic rings. The van der Waals surface area contributed by atoms with Gasteiger partial charge in [-0.15, -0.1) is 0 Å². The van der Waals surface area contributed by atoms with Gasteiger partial charge in [-0.3, -0.25) is 4.79 Å². The fraction of sp³-hybridized carbons (Fsp3) is 0.455. The molecule has 1 aromatic carbocycles. The molecule has 0 saturated carbocycles. The topological polar surface area (TPSA) is 72.9 Å². The first kappa shape index (κ1) is 20.8. The monoisotopic (exact) mass is 399 g/mol. The number of nitrogens with zero attached hydrogens (tertiary/aromatic N) is 2. The van der Waals surface area contributed by atoms with Crippen molar-refractivity contribution in [2.45, 2.75) is 33.2 Å². The van der Waals surface area contributed by atoms with E-state index in [0.29, 0.717) is 42.6 Å². The molecule has 0 unspecified atom stereocenters. The van der Waals surface area contributed by atoms with Crippen molar-refractivity contribution in [2.24, 2.45) is 0 Å². The van der Waals surface area contributed by atoms with E-state index >= 15 is 0 Å². The number of rotatable bonds is 9. The maximum absolute atomic E-state index is 12.9. The van der Waals surface area contributed by atoms with Crippen molar-refractivity contribution < 1.29 is 19.0 Å². The van der Waals surface area contributed by atoms with Gasteiger partial charge in [-0.2, -0.15) is 0 Å². The predicted octanol–water partition coefficient (Wildman–Crippen LogP) is 3.29. The molecule has 1 amide bonds. The van der Waals surface area contributed by atoms with Gasteiger partial charge >= 0.3 is 0 Å². The van der Waals surface area contributed by atoms with Crippen molar-refractivity contribution in [3.05, 3.63) is 42.1 Å². The average molecular weight is 399 g/mol. The summed E-state index contributed by atoms with van der Waals surface area (Å²) >= 11 is 0. The summed E-state index contributed by atoms with van der Waals surface area (Å²) in [6.07, 6.45) is 2.65. The molecule has 0 bridgehead atoms. The van der Waals surface area contributed by atoms with Crippen LogP contribution in [0.2, 0.25) is 0 Å². The van der Waals surface area contributed by atoms with Crippen molar-refractivity contribution in [1.29, 1.82) is 0 Å². The van der Waals surface area contributed by atoms with Crippen LogP contribution in [0.25, 0.3) is 0 Å². The van der Waals surface area contributed by atoms with Crippen molar-refractivity contribution in [2.75, 3.05) is 37.8 Å². The lowest BCUT2D eigenvalue weighted by Crippen LogP contribution is -2.37. The zero-order valence-corrected chi connectivity index (χ0v) is 17.3. The highest BCUT2D eigenvalue weighted by atomic mass is 16.5. The molecule has 0 spiro atoms. The molecule has 29 heavy (non-hydrogen) atoms. The zero-order chi connectivity index (χ0) is 20.6. The molecule has 0 radical (unpaired) electrons. The normalized spacial score (nSPS) is 15.8. The van der Waals surface area contributed by atoms with E-state index in [1.165, 1.54) is 0 Å². The van der Waals surface area contributed by atoms with Gasteiger partial charge < -0.3 is 24.4 Å². The number of nitrogens with one attached hydrogen (secondary N) is 1. The summed E-state index contributed by atoms with van der Waals surface area (Å²) in [5.74, 6) is 2.36. The highest BCUT2D eigenvalue weighted by Crippen LogP contribution is 2.39. The SMILES string of the molecule is CCOc1cc(C(=O)N[C@@H]2CCN(c3ccccn3)C2)cc(OCC)c1OCC. The van der Waals surface area contributed by atoms with E-state index in [1.807, 2.05) is 39.0 Å². The molecule has 0 aliphatic carbocycles. The molecule has 1 fully saturated rings. The Hall–Kier alpha value is -2.96. The highest BCUT2D eigenvalue weighted by Gasteiger charge is 2.26. The van der Waals surface area contributed by atoms with E-state index in [1.54, 1.807) is 18.3 Å². The summed E-state index contributed by atoms with van der Waals surface area (Å²) in [5.41, 5.74) is 0.497. The summed E-state index contributed by atoms with van der Waals surface area (Å²) in [6.45, 7) is 8.71. The number of carbonyl (C=O) groups is 1. The number of ether oxygens (including phenoxy) is 3. The third-order valence-corrected chi connectivity index (χ3v) is 4.67. The summed E-state index contributed by atoms with van der Waals surface area (Å²) in [4.78, 5) is 19.5. The zero-order valence-electron chi connectivity index (χ0n) is 17.3. The van der Waals surface area contributed by atoms with Crippen LogP contribution in [-0.4, -0.2) is 49.8 Å². The van der Waals surface area contributed by atoms with Gasteiger partial charge in [0.25, 0.3) is 5.91 Å². The first-order chi connectivity index (χ1) is 14.2. The minimum absolute atomic E-state index is 0.0576. The fourth-order valence-corrected chi connectivity index (χ4v) is 3.42. The second-order valence-electron chi connectivity index (χ2n) is 6.69. The molecule has 3 rings (SSSR count). The summed E-state index contributed by atoms with van der Waals surface area (Å²) in [7, 11) is 0. The van der Waals surface area contributed by atoms with Crippen LogP contribution in [0.15, 0.2) is 36.5 Å². The second-order valence-corrected chi connectivity index (χ2v) is 6.69. The first-order valence-corrected chi connectivity index (χ1v) is 10.2. The van der Waals surface area contributed by atoms with Crippen LogP contribution in [-0.2, 0) is 0 Å². The number of amides is 1. The lowest BCUT2D eigenvalue weighted by molar-refractivity contribution is 0.0939. The van der Waals surface area contributed by atoms with Gasteiger partial charge in [-0.1, -0.05) is 6.07 Å². The molecule has 1 atom stereocenters. The van der Waals surface area contributed by atoms with Crippen LogP contribution >= 0.6 is 0 Å².